The third-order valence-electron chi connectivity index (χ3n) is 6.68. The molecule has 1 aliphatic rings. The fourth-order valence-electron chi connectivity index (χ4n) is 4.99. The molecule has 0 radical (unpaired) electrons. The predicted molar refractivity (Wildman–Crippen MR) is 134 cm³/mol. The molecular weight excluding hydrogens is 443 g/mol. The van der Waals surface area contributed by atoms with Gasteiger partial charge in [0.1, 0.15) is 17.4 Å². The summed E-state index contributed by atoms with van der Waals surface area (Å²) in [7, 11) is 3.49. The summed E-state index contributed by atoms with van der Waals surface area (Å²) in [6.45, 7) is 0.792. The van der Waals surface area contributed by atoms with Crippen LogP contribution in [0.1, 0.15) is 18.3 Å². The van der Waals surface area contributed by atoms with Gasteiger partial charge in [0.15, 0.2) is 0 Å². The van der Waals surface area contributed by atoms with Crippen molar-refractivity contribution in [3.63, 3.8) is 0 Å². The molecule has 5 aromatic rings. The van der Waals surface area contributed by atoms with Gasteiger partial charge in [-0.1, -0.05) is 0 Å². The van der Waals surface area contributed by atoms with Crippen molar-refractivity contribution in [3.05, 3.63) is 78.6 Å². The number of anilines is 1. The number of halogens is 1. The summed E-state index contributed by atoms with van der Waals surface area (Å²) in [4.78, 5) is 14.0. The number of ether oxygens (including phenoxy) is 1. The Hall–Kier alpha value is -4.20. The van der Waals surface area contributed by atoms with E-state index in [4.69, 9.17) is 14.7 Å². The van der Waals surface area contributed by atoms with Gasteiger partial charge >= 0.3 is 0 Å². The Labute approximate surface area is 202 Å². The van der Waals surface area contributed by atoms with E-state index in [1.54, 1.807) is 32.5 Å². The van der Waals surface area contributed by atoms with Gasteiger partial charge < -0.3 is 19.2 Å². The van der Waals surface area contributed by atoms with Crippen LogP contribution in [0.25, 0.3) is 33.5 Å². The molecule has 1 N–H and O–H groups in total. The van der Waals surface area contributed by atoms with Crippen LogP contribution in [0, 0.1) is 5.82 Å². The number of nitrogens with zero attached hydrogens (tertiary/aromatic N) is 5. The molecule has 176 valence electrons. The van der Waals surface area contributed by atoms with E-state index in [1.165, 1.54) is 17.5 Å². The molecule has 8 heteroatoms. The smallest absolute Gasteiger partial charge is 0.222 e. The molecule has 35 heavy (non-hydrogen) atoms. The molecule has 0 amide bonds. The van der Waals surface area contributed by atoms with Crippen LogP contribution in [-0.4, -0.2) is 38.2 Å². The number of fused-ring (bicyclic) bond motifs is 2. The molecule has 0 fully saturated rings. The number of rotatable bonds is 6. The predicted octanol–water partition coefficient (Wildman–Crippen LogP) is 5.34. The number of imidazole rings is 1. The van der Waals surface area contributed by atoms with Crippen LogP contribution < -0.4 is 10.1 Å². The van der Waals surface area contributed by atoms with Crippen LogP contribution in [0.4, 0.5) is 10.3 Å². The van der Waals surface area contributed by atoms with Crippen molar-refractivity contribution in [3.8, 4) is 28.4 Å². The fraction of sp³-hybridized carbons (Fsp3) is 0.222. The number of hydrogen-bond donors (Lipinski definition) is 1. The van der Waals surface area contributed by atoms with Gasteiger partial charge in [0.2, 0.25) is 5.95 Å². The van der Waals surface area contributed by atoms with E-state index in [9.17, 15) is 4.39 Å². The second-order valence-electron chi connectivity index (χ2n) is 8.70. The highest BCUT2D eigenvalue weighted by atomic mass is 19.1. The number of aromatic nitrogens is 5. The van der Waals surface area contributed by atoms with Gasteiger partial charge in [-0.2, -0.15) is 0 Å². The zero-order valence-electron chi connectivity index (χ0n) is 19.6. The van der Waals surface area contributed by atoms with Crippen LogP contribution in [0.5, 0.6) is 5.75 Å². The highest BCUT2D eigenvalue weighted by Crippen LogP contribution is 2.40. The number of aryl methyl sites for hydroxylation is 1. The first-order valence-electron chi connectivity index (χ1n) is 11.7. The molecule has 0 saturated carbocycles. The lowest BCUT2D eigenvalue weighted by Gasteiger charge is -2.19. The average molecular weight is 469 g/mol. The lowest BCUT2D eigenvalue weighted by molar-refractivity contribution is 0.414. The molecule has 7 nitrogen and oxygen atoms in total. The summed E-state index contributed by atoms with van der Waals surface area (Å²) in [6, 6.07) is 16.9. The number of hydrogen-bond acceptors (Lipinski definition) is 5. The molecule has 0 saturated heterocycles. The maximum absolute atomic E-state index is 13.7. The van der Waals surface area contributed by atoms with Gasteiger partial charge in [-0.25, -0.2) is 19.3 Å². The lowest BCUT2D eigenvalue weighted by atomic mass is 10.1. The Kier molecular flexibility index (Phi) is 5.21. The van der Waals surface area contributed by atoms with Crippen LogP contribution in [0.15, 0.2) is 67.0 Å². The van der Waals surface area contributed by atoms with Crippen molar-refractivity contribution in [1.82, 2.24) is 24.1 Å². The van der Waals surface area contributed by atoms with Gasteiger partial charge in [-0.3, -0.25) is 0 Å². The van der Waals surface area contributed by atoms with Crippen molar-refractivity contribution < 1.29 is 9.13 Å². The molecule has 4 heterocycles. The van der Waals surface area contributed by atoms with Crippen molar-refractivity contribution in [2.45, 2.75) is 25.4 Å². The standard InChI is InChI=1S/C27H25FN6O/c1-29-27-30-13-11-22(31-27)26-25(18-3-6-19(28)7-4-18)32-24-10-8-20(34(24)26)16-33-14-12-17-5-9-21(35-2)15-23(17)33/h3-7,9,11-15,20H,8,10,16H2,1-2H3,(H,29,30,31)/t20-/m0/s1. The molecule has 1 aliphatic heterocycles. The maximum atomic E-state index is 13.7. The second kappa shape index (κ2) is 8.54. The average Bonchev–Trinajstić information content (AvgIpc) is 3.59. The number of benzene rings is 2. The second-order valence-corrected chi connectivity index (χ2v) is 8.70. The largest absolute Gasteiger partial charge is 0.497 e. The summed E-state index contributed by atoms with van der Waals surface area (Å²) in [5.41, 5.74) is 4.53. The zero-order chi connectivity index (χ0) is 23.9. The molecule has 0 unspecified atom stereocenters. The van der Waals surface area contributed by atoms with Gasteiger partial charge in [0, 0.05) is 44.0 Å². The van der Waals surface area contributed by atoms with E-state index < -0.39 is 0 Å². The summed E-state index contributed by atoms with van der Waals surface area (Å²) >= 11 is 0. The Morgan fingerprint density at radius 2 is 1.94 bits per heavy atom. The third kappa shape index (κ3) is 3.71. The molecule has 0 bridgehead atoms. The Morgan fingerprint density at radius 1 is 1.09 bits per heavy atom. The van der Waals surface area contributed by atoms with Crippen molar-refractivity contribution in [2.75, 3.05) is 19.5 Å². The quantitative estimate of drug-likeness (QED) is 0.364. The molecule has 6 rings (SSSR count). The van der Waals surface area contributed by atoms with Crippen LogP contribution in [-0.2, 0) is 13.0 Å². The van der Waals surface area contributed by atoms with Crippen LogP contribution in [0.3, 0.4) is 0 Å². The summed E-state index contributed by atoms with van der Waals surface area (Å²) in [5.74, 6) is 2.13. The fourth-order valence-corrected chi connectivity index (χ4v) is 4.99. The minimum atomic E-state index is -0.269. The van der Waals surface area contributed by atoms with Gasteiger partial charge in [-0.05, 0) is 60.3 Å². The molecule has 1 atom stereocenters. The Balaban J connectivity index is 1.48. The topological polar surface area (TPSA) is 69.8 Å². The molecule has 3 aromatic heterocycles. The van der Waals surface area contributed by atoms with Crippen molar-refractivity contribution in [2.24, 2.45) is 0 Å². The summed E-state index contributed by atoms with van der Waals surface area (Å²) in [6.07, 6.45) is 5.72. The van der Waals surface area contributed by atoms with Crippen LogP contribution >= 0.6 is 0 Å². The minimum Gasteiger partial charge on any atom is -0.497 e. The first-order valence-corrected chi connectivity index (χ1v) is 11.7. The first-order chi connectivity index (χ1) is 17.1. The van der Waals surface area contributed by atoms with E-state index in [-0.39, 0.29) is 11.9 Å². The van der Waals surface area contributed by atoms with E-state index in [2.05, 4.69) is 43.8 Å². The normalized spacial score (nSPS) is 14.9. The third-order valence-corrected chi connectivity index (χ3v) is 6.68. The van der Waals surface area contributed by atoms with E-state index in [0.29, 0.717) is 5.95 Å². The first kappa shape index (κ1) is 21.3. The van der Waals surface area contributed by atoms with Gasteiger partial charge in [0.25, 0.3) is 0 Å². The summed E-state index contributed by atoms with van der Waals surface area (Å²) < 4.78 is 23.7. The minimum absolute atomic E-state index is 0.191. The van der Waals surface area contributed by atoms with E-state index >= 15 is 0 Å². The van der Waals surface area contributed by atoms with E-state index in [0.717, 1.165) is 59.1 Å². The van der Waals surface area contributed by atoms with Gasteiger partial charge in [-0.15, -0.1) is 0 Å². The van der Waals surface area contributed by atoms with Crippen molar-refractivity contribution >= 4 is 16.9 Å². The summed E-state index contributed by atoms with van der Waals surface area (Å²) in [5, 5.41) is 4.20. The Morgan fingerprint density at radius 3 is 2.74 bits per heavy atom. The lowest BCUT2D eigenvalue weighted by Crippen LogP contribution is -2.13. The SMILES string of the molecule is CNc1nccc(-c2c(-c3ccc(F)cc3)nc3n2[C@H](Cn2ccc4ccc(OC)cc42)CC3)n1. The van der Waals surface area contributed by atoms with Crippen LogP contribution in [0.2, 0.25) is 0 Å². The maximum Gasteiger partial charge on any atom is 0.222 e. The van der Waals surface area contributed by atoms with Gasteiger partial charge in [0.05, 0.1) is 35.8 Å². The molecular formula is C27H25FN6O. The molecule has 0 spiro atoms. The number of nitrogens with one attached hydrogen (secondary N) is 1. The monoisotopic (exact) mass is 468 g/mol. The highest BCUT2D eigenvalue weighted by Gasteiger charge is 2.31. The molecule has 2 aromatic carbocycles. The zero-order valence-corrected chi connectivity index (χ0v) is 19.6. The van der Waals surface area contributed by atoms with Crippen molar-refractivity contribution in [1.29, 1.82) is 0 Å². The molecule has 0 aliphatic carbocycles. The number of methoxy groups -OCH3 is 1. The van der Waals surface area contributed by atoms with E-state index in [1.807, 2.05) is 12.1 Å². The highest BCUT2D eigenvalue weighted by molar-refractivity contribution is 5.82. The Bertz CT molecular complexity index is 1520.